The largest absolute Gasteiger partial charge is 0.492 e. The first-order chi connectivity index (χ1) is 13.6. The highest BCUT2D eigenvalue weighted by Gasteiger charge is 2.07. The third-order valence-corrected chi connectivity index (χ3v) is 4.53. The van der Waals surface area contributed by atoms with Crippen LogP contribution in [0.15, 0.2) is 53.8 Å². The summed E-state index contributed by atoms with van der Waals surface area (Å²) in [5, 5.41) is 5.03. The molecule has 0 saturated heterocycles. The van der Waals surface area contributed by atoms with Gasteiger partial charge in [0.05, 0.1) is 19.4 Å². The summed E-state index contributed by atoms with van der Waals surface area (Å²) in [6.07, 6.45) is 3.06. The van der Waals surface area contributed by atoms with Gasteiger partial charge in [-0.1, -0.05) is 24.3 Å². The van der Waals surface area contributed by atoms with E-state index in [-0.39, 0.29) is 0 Å². The number of carbonyl (C=O) groups excluding carboxylic acids is 1. The number of fused-ring (bicyclic) bond motifs is 1. The van der Waals surface area contributed by atoms with Crippen molar-refractivity contribution in [1.29, 1.82) is 0 Å². The van der Waals surface area contributed by atoms with Gasteiger partial charge in [-0.05, 0) is 50.1 Å². The molecule has 146 valence electrons. The van der Waals surface area contributed by atoms with Crippen LogP contribution in [-0.4, -0.2) is 30.1 Å². The number of amides is 1. The van der Waals surface area contributed by atoms with Gasteiger partial charge in [-0.25, -0.2) is 10.2 Å². The first-order valence-electron chi connectivity index (χ1n) is 9.32. The first kappa shape index (κ1) is 19.5. The van der Waals surface area contributed by atoms with Crippen LogP contribution in [0, 0.1) is 13.8 Å². The summed E-state index contributed by atoms with van der Waals surface area (Å²) >= 11 is 0. The second-order valence-corrected chi connectivity index (χ2v) is 6.48. The maximum Gasteiger partial charge on any atom is 0.427 e. The van der Waals surface area contributed by atoms with Crippen LogP contribution in [0.1, 0.15) is 23.6 Å². The summed E-state index contributed by atoms with van der Waals surface area (Å²) in [4.78, 5) is 11.4. The number of para-hydroxylation sites is 1. The molecule has 1 N–H and O–H groups in total. The summed E-state index contributed by atoms with van der Waals surface area (Å²) in [6.45, 7) is 7.48. The predicted molar refractivity (Wildman–Crippen MR) is 111 cm³/mol. The van der Waals surface area contributed by atoms with Crippen molar-refractivity contribution in [3.8, 4) is 5.75 Å². The molecule has 6 heteroatoms. The van der Waals surface area contributed by atoms with E-state index in [0.717, 1.165) is 22.2 Å². The fourth-order valence-electron chi connectivity index (χ4n) is 2.95. The van der Waals surface area contributed by atoms with Crippen LogP contribution in [0.4, 0.5) is 4.79 Å². The Morgan fingerprint density at radius 1 is 1.18 bits per heavy atom. The molecule has 3 rings (SSSR count). The number of hydrogen-bond acceptors (Lipinski definition) is 4. The average Bonchev–Trinajstić information content (AvgIpc) is 3.03. The molecule has 0 spiro atoms. The number of benzene rings is 2. The summed E-state index contributed by atoms with van der Waals surface area (Å²) in [7, 11) is 0. The third kappa shape index (κ3) is 4.71. The Morgan fingerprint density at radius 2 is 2.00 bits per heavy atom. The Labute approximate surface area is 164 Å². The zero-order valence-corrected chi connectivity index (χ0v) is 16.4. The van der Waals surface area contributed by atoms with E-state index in [1.807, 2.05) is 30.5 Å². The smallest absolute Gasteiger partial charge is 0.427 e. The molecule has 1 heterocycles. The van der Waals surface area contributed by atoms with Crippen molar-refractivity contribution in [2.24, 2.45) is 5.10 Å². The molecule has 0 aliphatic heterocycles. The van der Waals surface area contributed by atoms with Crippen LogP contribution in [0.2, 0.25) is 0 Å². The monoisotopic (exact) mass is 379 g/mol. The van der Waals surface area contributed by atoms with Crippen molar-refractivity contribution in [2.75, 3.05) is 13.2 Å². The van der Waals surface area contributed by atoms with Crippen molar-refractivity contribution in [3.05, 3.63) is 65.4 Å². The molecule has 1 aromatic heterocycles. The molecular formula is C22H25N3O3. The van der Waals surface area contributed by atoms with E-state index in [2.05, 4.69) is 47.1 Å². The first-order valence-corrected chi connectivity index (χ1v) is 9.32. The molecule has 0 radical (unpaired) electrons. The van der Waals surface area contributed by atoms with Gasteiger partial charge in [-0.2, -0.15) is 5.10 Å². The number of aromatic nitrogens is 1. The Balaban J connectivity index is 1.70. The lowest BCUT2D eigenvalue weighted by atomic mass is 10.1. The Morgan fingerprint density at radius 3 is 2.79 bits per heavy atom. The van der Waals surface area contributed by atoms with Gasteiger partial charge in [-0.15, -0.1) is 0 Å². The van der Waals surface area contributed by atoms with Crippen LogP contribution in [0.25, 0.3) is 10.9 Å². The number of hydrogen-bond donors (Lipinski definition) is 1. The van der Waals surface area contributed by atoms with Gasteiger partial charge >= 0.3 is 6.09 Å². The van der Waals surface area contributed by atoms with Gasteiger partial charge in [0.25, 0.3) is 0 Å². The van der Waals surface area contributed by atoms with Crippen LogP contribution in [0.5, 0.6) is 5.75 Å². The van der Waals surface area contributed by atoms with E-state index in [4.69, 9.17) is 9.47 Å². The number of hydrazone groups is 1. The predicted octanol–water partition coefficient (Wildman–Crippen LogP) is 4.42. The number of rotatable bonds is 7. The minimum absolute atomic E-state index is 0.307. The van der Waals surface area contributed by atoms with Gasteiger partial charge in [0.2, 0.25) is 0 Å². The minimum Gasteiger partial charge on any atom is -0.492 e. The summed E-state index contributed by atoms with van der Waals surface area (Å²) in [5.74, 6) is 0.875. The minimum atomic E-state index is -0.565. The topological polar surface area (TPSA) is 64.8 Å². The van der Waals surface area contributed by atoms with Crippen molar-refractivity contribution in [2.45, 2.75) is 27.3 Å². The lowest BCUT2D eigenvalue weighted by molar-refractivity contribution is 0.152. The van der Waals surface area contributed by atoms with Gasteiger partial charge in [0, 0.05) is 22.7 Å². The van der Waals surface area contributed by atoms with Crippen LogP contribution in [-0.2, 0) is 11.3 Å². The van der Waals surface area contributed by atoms with E-state index in [9.17, 15) is 4.79 Å². The van der Waals surface area contributed by atoms with E-state index in [0.29, 0.717) is 19.8 Å². The van der Waals surface area contributed by atoms with Crippen LogP contribution in [0.3, 0.4) is 0 Å². The Kier molecular flexibility index (Phi) is 6.32. The lowest BCUT2D eigenvalue weighted by Gasteiger charge is -2.10. The normalized spacial score (nSPS) is 11.1. The summed E-state index contributed by atoms with van der Waals surface area (Å²) < 4.78 is 12.8. The maximum absolute atomic E-state index is 11.4. The standard InChI is InChI=1S/C22H25N3O3/c1-4-27-22(26)24-23-14-18-15-25(21-8-6-5-7-20(18)21)11-12-28-19-10-9-16(2)17(3)13-19/h5-10,13-15H,4,11-12H2,1-3H3,(H,24,26). The van der Waals surface area contributed by atoms with Crippen molar-refractivity contribution < 1.29 is 14.3 Å². The zero-order valence-electron chi connectivity index (χ0n) is 16.4. The van der Waals surface area contributed by atoms with E-state index < -0.39 is 6.09 Å². The molecule has 3 aromatic rings. The highest BCUT2D eigenvalue weighted by molar-refractivity contribution is 5.99. The molecule has 28 heavy (non-hydrogen) atoms. The SMILES string of the molecule is CCOC(=O)NN=Cc1cn(CCOc2ccc(C)c(C)c2)c2ccccc12. The van der Waals surface area contributed by atoms with E-state index in [1.165, 1.54) is 11.1 Å². The summed E-state index contributed by atoms with van der Waals surface area (Å²) in [5.41, 5.74) is 6.83. The number of carbonyl (C=O) groups is 1. The molecule has 0 bridgehead atoms. The Bertz CT molecular complexity index is 992. The molecule has 6 nitrogen and oxygen atoms in total. The molecule has 0 atom stereocenters. The van der Waals surface area contributed by atoms with Crippen molar-refractivity contribution in [3.63, 3.8) is 0 Å². The fourth-order valence-corrected chi connectivity index (χ4v) is 2.95. The van der Waals surface area contributed by atoms with Gasteiger partial charge in [0.15, 0.2) is 0 Å². The second-order valence-electron chi connectivity index (χ2n) is 6.48. The quantitative estimate of drug-likeness (QED) is 0.488. The molecule has 0 unspecified atom stereocenters. The second kappa shape index (κ2) is 9.08. The highest BCUT2D eigenvalue weighted by Crippen LogP contribution is 2.21. The molecule has 1 amide bonds. The van der Waals surface area contributed by atoms with Crippen LogP contribution < -0.4 is 10.2 Å². The fraction of sp³-hybridized carbons (Fsp3) is 0.273. The van der Waals surface area contributed by atoms with E-state index >= 15 is 0 Å². The molecule has 0 saturated carbocycles. The molecule has 0 aliphatic rings. The number of aryl methyl sites for hydroxylation is 2. The van der Waals surface area contributed by atoms with Crippen LogP contribution >= 0.6 is 0 Å². The zero-order chi connectivity index (χ0) is 19.9. The molecule has 2 aromatic carbocycles. The number of nitrogens with one attached hydrogen (secondary N) is 1. The maximum atomic E-state index is 11.4. The summed E-state index contributed by atoms with van der Waals surface area (Å²) in [6, 6.07) is 14.2. The molecule has 0 aliphatic carbocycles. The van der Waals surface area contributed by atoms with Crippen molar-refractivity contribution >= 4 is 23.2 Å². The molecular weight excluding hydrogens is 354 g/mol. The highest BCUT2D eigenvalue weighted by atomic mass is 16.5. The van der Waals surface area contributed by atoms with Gasteiger partial charge in [0.1, 0.15) is 12.4 Å². The molecule has 0 fully saturated rings. The van der Waals surface area contributed by atoms with Gasteiger partial charge < -0.3 is 14.0 Å². The number of nitrogens with zero attached hydrogens (tertiary/aromatic N) is 2. The third-order valence-electron chi connectivity index (χ3n) is 4.53. The van der Waals surface area contributed by atoms with Crippen molar-refractivity contribution in [1.82, 2.24) is 9.99 Å². The lowest BCUT2D eigenvalue weighted by Crippen LogP contribution is -2.18. The average molecular weight is 379 g/mol. The van der Waals surface area contributed by atoms with E-state index in [1.54, 1.807) is 13.1 Å². The number of ether oxygens (including phenoxy) is 2. The van der Waals surface area contributed by atoms with Gasteiger partial charge in [-0.3, -0.25) is 0 Å². The Hall–Kier alpha value is -3.28.